The third kappa shape index (κ3) is 47.0. The summed E-state index contributed by atoms with van der Waals surface area (Å²) in [7, 11) is 13.0. The summed E-state index contributed by atoms with van der Waals surface area (Å²) in [6, 6.07) is 44.9. The van der Waals surface area contributed by atoms with Gasteiger partial charge in [-0.1, -0.05) is 187 Å². The molecular formula is C125H189F8N11O5S. The van der Waals surface area contributed by atoms with Gasteiger partial charge in [0.1, 0.15) is 46.5 Å². The smallest absolute Gasteiger partial charge is 0.236 e. The molecule has 0 spiro atoms. The van der Waals surface area contributed by atoms with Crippen LogP contribution in [-0.4, -0.2) is 219 Å². The maximum atomic E-state index is 13.9. The number of sulfone groups is 1. The lowest BCUT2D eigenvalue weighted by Crippen LogP contribution is -2.45. The van der Waals surface area contributed by atoms with Crippen molar-refractivity contribution in [3.8, 4) is 0 Å². The first-order chi connectivity index (χ1) is 70.3. The van der Waals surface area contributed by atoms with Crippen LogP contribution >= 0.6 is 0 Å². The van der Waals surface area contributed by atoms with Crippen LogP contribution in [0.4, 0.5) is 35.1 Å². The first kappa shape index (κ1) is 127. The fraction of sp³-hybridized carbons (Fsp3) is 0.608. The molecule has 3 unspecified atom stereocenters. The van der Waals surface area contributed by atoms with E-state index in [0.717, 1.165) is 206 Å². The molecule has 7 fully saturated rings. The molecule has 5 heterocycles. The molecule has 0 radical (unpaired) electrons. The van der Waals surface area contributed by atoms with E-state index in [2.05, 4.69) is 230 Å². The molecule has 150 heavy (non-hydrogen) atoms. The number of carbonyl (C=O) groups is 1. The average molecular weight is 2110 g/mol. The number of halogens is 8. The van der Waals surface area contributed by atoms with Crippen LogP contribution in [0.1, 0.15) is 328 Å². The summed E-state index contributed by atoms with van der Waals surface area (Å²) < 4.78 is 142. The fourth-order valence-electron chi connectivity index (χ4n) is 19.1. The standard InChI is InChI=1S/C18H29FN2.C17H27FN2.C17H26FN.C16H25FN2O.C15H22FNO2S.C15H22FNO.C14H20FN.C13H18FNO/c1-18(2,3)15-10-14(11-16(19)12-15)13-21(5)17-6-8-20(4)9-7-17;1-17(2,3)14-8-13(9-15(18)10-14)11-20(5)16-6-7-19(4)12-16;1-12(2)15-8-14(9-16(18)10-15)11-19-17-6-4-13(3)5-7-17;1-16(2,3)13-7-12(8-14(17)9-13)10-19(6)11-15(20)18(4)5;1-11(2)13-6-12(7-14(16)8-13)9-17(3)15-4-5-20(18,19)10-15;1-11(2)14-5-13(6-15(16)7-14)9-17-8-12-3-4-18-10-12;1-10(2)13-5-12(6-14(15)7-13)9-16-8-11-3-4-11;1-9(2)11-3-10(4-12(14)5-11)6-15-13-7-16-8-13/h10-12,17H,6-9,13H2,1-5H3;8-10,16H,6-7,11-12H2,1-5H3;8-10,12-13,17,19H,4-7,11H2,1-3H3;7-9H,10-11H2,1-6H3;6-8,11,15H,4-5,9-10H2,1-3H3;5-7,11-12,17H,3-4,8-10H2,1-2H3;5-7,10-11,16H,3-4,8-9H2,1-2H3;3-5,9,13,15H,6-8H2,1-2H3. The van der Waals surface area contributed by atoms with Crippen LogP contribution in [0, 0.1) is 64.3 Å². The van der Waals surface area contributed by atoms with Crippen molar-refractivity contribution in [2.45, 2.75) is 338 Å². The van der Waals surface area contributed by atoms with Gasteiger partial charge in [0.2, 0.25) is 5.91 Å². The summed E-state index contributed by atoms with van der Waals surface area (Å²) in [5, 5.41) is 13.7. The Morgan fingerprint density at radius 2 is 0.700 bits per heavy atom. The number of rotatable bonds is 32. The first-order valence-electron chi connectivity index (χ1n) is 55.3. The van der Waals surface area contributed by atoms with Crippen molar-refractivity contribution >= 4 is 15.7 Å². The predicted molar refractivity (Wildman–Crippen MR) is 605 cm³/mol. The fourth-order valence-corrected chi connectivity index (χ4v) is 20.9. The second-order valence-electron chi connectivity index (χ2n) is 48.9. The summed E-state index contributed by atoms with van der Waals surface area (Å²) in [4.78, 5) is 26.6. The Morgan fingerprint density at radius 1 is 0.367 bits per heavy atom. The van der Waals surface area contributed by atoms with Gasteiger partial charge in [-0.3, -0.25) is 24.4 Å². The lowest BCUT2D eigenvalue weighted by molar-refractivity contribution is -0.129. The molecule has 15 rings (SSSR count). The van der Waals surface area contributed by atoms with Crippen LogP contribution in [0.15, 0.2) is 146 Å². The Morgan fingerprint density at radius 3 is 1.03 bits per heavy atom. The van der Waals surface area contributed by atoms with Gasteiger partial charge in [-0.25, -0.2) is 43.5 Å². The minimum Gasteiger partial charge on any atom is -0.381 e. The molecule has 2 saturated carbocycles. The molecule has 25 heteroatoms. The molecule has 0 aromatic heterocycles. The molecule has 8 aromatic carbocycles. The highest BCUT2D eigenvalue weighted by atomic mass is 32.2. The number of ether oxygens (including phenoxy) is 2. The number of carbonyl (C=O) groups excluding carboxylic acids is 1. The zero-order valence-electron chi connectivity index (χ0n) is 96.6. The van der Waals surface area contributed by atoms with Crippen molar-refractivity contribution in [2.24, 2.45) is 17.8 Å². The molecule has 4 N–H and O–H groups in total. The van der Waals surface area contributed by atoms with Crippen LogP contribution in [-0.2, 0) is 92.7 Å². The van der Waals surface area contributed by atoms with E-state index in [9.17, 15) is 48.3 Å². The van der Waals surface area contributed by atoms with E-state index in [1.54, 1.807) is 104 Å². The summed E-state index contributed by atoms with van der Waals surface area (Å²) in [5.74, 6) is 3.47. The van der Waals surface area contributed by atoms with Crippen molar-refractivity contribution in [1.29, 1.82) is 0 Å². The molecule has 2 aliphatic carbocycles. The zero-order chi connectivity index (χ0) is 111. The lowest BCUT2D eigenvalue weighted by Gasteiger charge is -2.35. The maximum absolute atomic E-state index is 13.9. The second-order valence-corrected chi connectivity index (χ2v) is 51.2. The predicted octanol–water partition coefficient (Wildman–Crippen LogP) is 25.7. The van der Waals surface area contributed by atoms with Crippen molar-refractivity contribution in [1.82, 2.24) is 55.6 Å². The van der Waals surface area contributed by atoms with Gasteiger partial charge >= 0.3 is 0 Å². The highest BCUT2D eigenvalue weighted by Crippen LogP contribution is 2.34. The van der Waals surface area contributed by atoms with Gasteiger partial charge in [0, 0.05) is 110 Å². The first-order valence-corrected chi connectivity index (χ1v) is 57.2. The normalized spacial score (nSPS) is 18.7. The van der Waals surface area contributed by atoms with Gasteiger partial charge in [0.05, 0.1) is 43.9 Å². The van der Waals surface area contributed by atoms with Crippen molar-refractivity contribution in [3.05, 3.63) is 281 Å². The van der Waals surface area contributed by atoms with Crippen molar-refractivity contribution < 1.29 is 57.8 Å². The Labute approximate surface area is 900 Å². The number of likely N-dealkylation sites (N-methyl/N-ethyl adjacent to an activating group) is 4. The van der Waals surface area contributed by atoms with E-state index >= 15 is 0 Å². The third-order valence-corrected chi connectivity index (χ3v) is 31.3. The van der Waals surface area contributed by atoms with Gasteiger partial charge in [-0.05, 0) is 389 Å². The number of nitrogens with zero attached hydrogens (tertiary/aromatic N) is 7. The average Bonchev–Trinajstić information content (AvgIpc) is 1.14. The molecule has 8 aromatic rings. The van der Waals surface area contributed by atoms with Gasteiger partial charge in [0.15, 0.2) is 9.84 Å². The Hall–Kier alpha value is -7.86. The number of piperidine rings is 1. The van der Waals surface area contributed by atoms with Crippen LogP contribution in [0.3, 0.4) is 0 Å². The van der Waals surface area contributed by atoms with Gasteiger partial charge in [-0.15, -0.1) is 0 Å². The number of hydrogen-bond donors (Lipinski definition) is 4. The quantitative estimate of drug-likeness (QED) is 0.0297. The van der Waals surface area contributed by atoms with Gasteiger partial charge in [0.25, 0.3) is 0 Å². The van der Waals surface area contributed by atoms with E-state index in [4.69, 9.17) is 9.47 Å². The highest BCUT2D eigenvalue weighted by Gasteiger charge is 2.33. The lowest BCUT2D eigenvalue weighted by atomic mass is 9.86. The zero-order valence-corrected chi connectivity index (χ0v) is 97.4. The van der Waals surface area contributed by atoms with E-state index in [1.165, 1.54) is 69.9 Å². The topological polar surface area (TPSA) is 140 Å². The van der Waals surface area contributed by atoms with E-state index < -0.39 is 9.84 Å². The van der Waals surface area contributed by atoms with Crippen molar-refractivity contribution in [2.75, 3.05) is 140 Å². The van der Waals surface area contributed by atoms with Crippen LogP contribution < -0.4 is 21.3 Å². The minimum absolute atomic E-state index is 0.0109. The van der Waals surface area contributed by atoms with E-state index in [-0.39, 0.29) is 92.2 Å². The van der Waals surface area contributed by atoms with Crippen LogP contribution in [0.2, 0.25) is 0 Å². The second kappa shape index (κ2) is 61.0. The monoisotopic (exact) mass is 2110 g/mol. The molecule has 7 aliphatic rings. The Kier molecular flexibility index (Phi) is 51.8. The third-order valence-electron chi connectivity index (χ3n) is 29.6. The van der Waals surface area contributed by atoms with Gasteiger partial charge < -0.3 is 45.4 Å². The summed E-state index contributed by atoms with van der Waals surface area (Å²) in [5.41, 5.74) is 16.4. The molecule has 1 amide bonds. The number of nitrogens with one attached hydrogen (secondary N) is 4. The van der Waals surface area contributed by atoms with Crippen LogP contribution in [0.5, 0.6) is 0 Å². The summed E-state index contributed by atoms with van der Waals surface area (Å²) in [6.07, 6.45) is 13.3. The minimum atomic E-state index is -2.88. The van der Waals surface area contributed by atoms with Gasteiger partial charge in [-0.2, -0.15) is 0 Å². The summed E-state index contributed by atoms with van der Waals surface area (Å²) in [6.45, 7) is 58.1. The van der Waals surface area contributed by atoms with Crippen LogP contribution in [0.25, 0.3) is 0 Å². The molecule has 5 aliphatic heterocycles. The molecule has 0 bridgehead atoms. The number of likely N-dealkylation sites (tertiary alicyclic amines) is 2. The van der Waals surface area contributed by atoms with E-state index in [1.807, 2.05) is 49.9 Å². The SMILES string of the molecule is CC(C)c1cc(F)cc(CN(C)C2CCS(=O)(=O)C2)c1.CC(C)c1cc(F)cc(CNC2COC2)c1.CC(C)c1cc(F)cc(CNCC2CC2)c1.CC(C)c1cc(F)cc(CNCC2CCOC2)c1.CC1CCC(NCc2cc(F)cc(C(C)C)c2)CC1.CN(CC(=O)N(C)C)Cc1cc(F)cc(C(C)(C)C)c1.CN1CCC(N(C)Cc2cc(F)cc(C(C)(C)C)c2)C1.CN1CCC(N(C)Cc2cc(F)cc(C(C)(C)C)c2)CC1. The molecule has 5 saturated heterocycles. The Bertz CT molecular complexity index is 5520. The molecule has 3 atom stereocenters. The molecule has 836 valence electrons. The van der Waals surface area contributed by atoms with E-state index in [0.29, 0.717) is 86.4 Å². The largest absolute Gasteiger partial charge is 0.381 e. The summed E-state index contributed by atoms with van der Waals surface area (Å²) >= 11 is 0. The molecule has 16 nitrogen and oxygen atoms in total. The number of hydrogen-bond acceptors (Lipinski definition) is 15. The maximum Gasteiger partial charge on any atom is 0.236 e. The number of amides is 1. The molecular weight excluding hydrogens is 1920 g/mol. The highest BCUT2D eigenvalue weighted by molar-refractivity contribution is 7.91. The Balaban J connectivity index is 0.000000209. The number of benzene rings is 8. The van der Waals surface area contributed by atoms with Crippen molar-refractivity contribution in [3.63, 3.8) is 0 Å².